The Morgan fingerprint density at radius 2 is 1.56 bits per heavy atom. The molecule has 5 heteroatoms. The Hall–Kier alpha value is -3.86. The van der Waals surface area contributed by atoms with Gasteiger partial charge in [-0.3, -0.25) is 4.79 Å². The molecular formula is C29H27NO4. The number of benzene rings is 3. The van der Waals surface area contributed by atoms with E-state index in [1.54, 1.807) is 0 Å². The normalized spacial score (nSPS) is 15.5. The maximum Gasteiger partial charge on any atom is 0.407 e. The third-order valence-electron chi connectivity index (χ3n) is 6.86. The second kappa shape index (κ2) is 9.18. The van der Waals surface area contributed by atoms with Crippen LogP contribution in [0.5, 0.6) is 0 Å². The van der Waals surface area contributed by atoms with Crippen molar-refractivity contribution in [2.24, 2.45) is 0 Å². The van der Waals surface area contributed by atoms with Crippen LogP contribution in [0.3, 0.4) is 0 Å². The molecule has 0 aliphatic heterocycles. The predicted molar refractivity (Wildman–Crippen MR) is 132 cm³/mol. The van der Waals surface area contributed by atoms with Gasteiger partial charge in [-0.25, -0.2) is 4.79 Å². The van der Waals surface area contributed by atoms with Crippen molar-refractivity contribution in [3.8, 4) is 11.1 Å². The molecule has 2 aliphatic rings. The Kier molecular flexibility index (Phi) is 5.93. The molecule has 0 atom stereocenters. The minimum absolute atomic E-state index is 0.0403. The van der Waals surface area contributed by atoms with Gasteiger partial charge in [0.15, 0.2) is 0 Å². The molecule has 3 aromatic rings. The molecule has 3 aromatic carbocycles. The van der Waals surface area contributed by atoms with E-state index in [1.807, 2.05) is 60.7 Å². The van der Waals surface area contributed by atoms with E-state index in [0.717, 1.165) is 11.1 Å². The fraction of sp³-hybridized carbons (Fsp3) is 0.241. The fourth-order valence-electron chi connectivity index (χ4n) is 4.92. The number of ether oxygens (including phenoxy) is 1. The van der Waals surface area contributed by atoms with Crippen molar-refractivity contribution in [1.29, 1.82) is 0 Å². The number of alkyl carbamates (subject to hydrolysis) is 1. The van der Waals surface area contributed by atoms with Crippen LogP contribution in [0.1, 0.15) is 47.4 Å². The zero-order valence-electron chi connectivity index (χ0n) is 18.9. The van der Waals surface area contributed by atoms with E-state index in [0.29, 0.717) is 32.4 Å². The maximum absolute atomic E-state index is 12.3. The lowest BCUT2D eigenvalue weighted by Gasteiger charge is -2.14. The lowest BCUT2D eigenvalue weighted by atomic mass is 9.91. The van der Waals surface area contributed by atoms with Gasteiger partial charge in [-0.1, -0.05) is 84.9 Å². The number of aliphatic carboxylic acids is 1. The topological polar surface area (TPSA) is 75.6 Å². The first-order valence-electron chi connectivity index (χ1n) is 11.7. The Balaban J connectivity index is 1.13. The third kappa shape index (κ3) is 4.10. The molecule has 0 aromatic heterocycles. The third-order valence-corrected chi connectivity index (χ3v) is 6.86. The number of carboxylic acid groups (broad SMARTS) is 1. The predicted octanol–water partition coefficient (Wildman–Crippen LogP) is 5.74. The van der Waals surface area contributed by atoms with Gasteiger partial charge in [0.25, 0.3) is 0 Å². The molecule has 0 unspecified atom stereocenters. The molecule has 172 valence electrons. The number of amides is 1. The van der Waals surface area contributed by atoms with E-state index in [1.165, 1.54) is 22.3 Å². The van der Waals surface area contributed by atoms with Gasteiger partial charge >= 0.3 is 12.1 Å². The van der Waals surface area contributed by atoms with Gasteiger partial charge in [0, 0.05) is 12.5 Å². The van der Waals surface area contributed by atoms with Crippen LogP contribution < -0.4 is 5.32 Å². The summed E-state index contributed by atoms with van der Waals surface area (Å²) in [6.07, 6.45) is 5.45. The van der Waals surface area contributed by atoms with E-state index in [2.05, 4.69) is 29.6 Å². The number of hydrogen-bond acceptors (Lipinski definition) is 3. The van der Waals surface area contributed by atoms with Crippen molar-refractivity contribution in [3.63, 3.8) is 0 Å². The highest BCUT2D eigenvalue weighted by molar-refractivity contribution is 5.86. The van der Waals surface area contributed by atoms with Crippen molar-refractivity contribution in [1.82, 2.24) is 5.32 Å². The molecule has 0 bridgehead atoms. The first-order chi connectivity index (χ1) is 16.6. The molecule has 1 saturated carbocycles. The highest BCUT2D eigenvalue weighted by atomic mass is 16.5. The molecule has 0 radical (unpaired) electrons. The summed E-state index contributed by atoms with van der Waals surface area (Å²) in [5.41, 5.74) is 5.83. The summed E-state index contributed by atoms with van der Waals surface area (Å²) in [6.45, 7) is 0.736. The standard InChI is InChI=1S/C29H27NO4/c31-27(32)29(16-17-29)26-15-6-1-9-20(26)10-7-8-18-30-28(33)34-19-25-23-13-4-2-11-21(23)22-12-3-5-14-24(22)25/h1-7,9-15,25H,8,16-19H2,(H,30,33)(H,31,32). The first-order valence-corrected chi connectivity index (χ1v) is 11.7. The van der Waals surface area contributed by atoms with E-state index in [4.69, 9.17) is 4.74 Å². The average Bonchev–Trinajstić information content (AvgIpc) is 3.61. The van der Waals surface area contributed by atoms with Crippen molar-refractivity contribution in [3.05, 3.63) is 101 Å². The summed E-state index contributed by atoms with van der Waals surface area (Å²) >= 11 is 0. The van der Waals surface area contributed by atoms with Gasteiger partial charge in [0.1, 0.15) is 6.61 Å². The zero-order valence-corrected chi connectivity index (χ0v) is 18.9. The van der Waals surface area contributed by atoms with Crippen LogP contribution in [0.2, 0.25) is 0 Å². The minimum Gasteiger partial charge on any atom is -0.481 e. The quantitative estimate of drug-likeness (QED) is 0.426. The number of carbonyl (C=O) groups is 2. The van der Waals surface area contributed by atoms with E-state index in [-0.39, 0.29) is 5.92 Å². The van der Waals surface area contributed by atoms with E-state index < -0.39 is 17.5 Å². The summed E-state index contributed by atoms with van der Waals surface area (Å²) in [7, 11) is 0. The Labute approximate surface area is 199 Å². The number of nitrogens with one attached hydrogen (secondary N) is 1. The number of fused-ring (bicyclic) bond motifs is 3. The van der Waals surface area contributed by atoms with Gasteiger partial charge in [-0.15, -0.1) is 0 Å². The van der Waals surface area contributed by atoms with Crippen molar-refractivity contribution < 1.29 is 19.4 Å². The van der Waals surface area contributed by atoms with Gasteiger partial charge < -0.3 is 15.2 Å². The molecule has 34 heavy (non-hydrogen) atoms. The molecule has 1 fully saturated rings. The maximum atomic E-state index is 12.3. The van der Waals surface area contributed by atoms with Crippen molar-refractivity contribution in [2.45, 2.75) is 30.6 Å². The Morgan fingerprint density at radius 3 is 2.21 bits per heavy atom. The van der Waals surface area contributed by atoms with Gasteiger partial charge in [-0.05, 0) is 52.6 Å². The van der Waals surface area contributed by atoms with Crippen LogP contribution >= 0.6 is 0 Å². The summed E-state index contributed by atoms with van der Waals surface area (Å²) in [5, 5.41) is 12.4. The highest BCUT2D eigenvalue weighted by Gasteiger charge is 2.52. The van der Waals surface area contributed by atoms with Gasteiger partial charge in [0.2, 0.25) is 0 Å². The van der Waals surface area contributed by atoms with E-state index >= 15 is 0 Å². The van der Waals surface area contributed by atoms with Crippen LogP contribution in [0.15, 0.2) is 78.9 Å². The smallest absolute Gasteiger partial charge is 0.407 e. The lowest BCUT2D eigenvalue weighted by molar-refractivity contribution is -0.140. The molecule has 0 saturated heterocycles. The molecule has 0 heterocycles. The first kappa shape index (κ1) is 22.0. The largest absolute Gasteiger partial charge is 0.481 e. The molecular weight excluding hydrogens is 426 g/mol. The monoisotopic (exact) mass is 453 g/mol. The van der Waals surface area contributed by atoms with Crippen molar-refractivity contribution in [2.75, 3.05) is 13.2 Å². The number of rotatable bonds is 8. The fourth-order valence-corrected chi connectivity index (χ4v) is 4.92. The van der Waals surface area contributed by atoms with Crippen LogP contribution in [-0.2, 0) is 14.9 Å². The zero-order chi connectivity index (χ0) is 23.5. The minimum atomic E-state index is -0.759. The van der Waals surface area contributed by atoms with Crippen LogP contribution in [0, 0.1) is 0 Å². The summed E-state index contributed by atoms with van der Waals surface area (Å²) in [4.78, 5) is 24.0. The SMILES string of the molecule is O=C(NCCC=Cc1ccccc1C1(C(=O)O)CC1)OCC1c2ccccc2-c2ccccc21. The second-order valence-corrected chi connectivity index (χ2v) is 8.92. The van der Waals surface area contributed by atoms with E-state index in [9.17, 15) is 14.7 Å². The Bertz CT molecular complexity index is 1210. The Morgan fingerprint density at radius 1 is 0.941 bits per heavy atom. The average molecular weight is 454 g/mol. The van der Waals surface area contributed by atoms with Gasteiger partial charge in [0.05, 0.1) is 5.41 Å². The van der Waals surface area contributed by atoms with Crippen LogP contribution in [0.25, 0.3) is 17.2 Å². The number of carbonyl (C=O) groups excluding carboxylic acids is 1. The molecule has 2 N–H and O–H groups in total. The molecule has 5 rings (SSSR count). The highest BCUT2D eigenvalue weighted by Crippen LogP contribution is 2.49. The number of hydrogen-bond donors (Lipinski definition) is 2. The number of carboxylic acids is 1. The summed E-state index contributed by atoms with van der Waals surface area (Å²) in [6, 6.07) is 24.1. The lowest BCUT2D eigenvalue weighted by Crippen LogP contribution is -2.26. The summed E-state index contributed by atoms with van der Waals surface area (Å²) < 4.78 is 5.56. The van der Waals surface area contributed by atoms with Gasteiger partial charge in [-0.2, -0.15) is 0 Å². The van der Waals surface area contributed by atoms with Crippen molar-refractivity contribution >= 4 is 18.1 Å². The second-order valence-electron chi connectivity index (χ2n) is 8.92. The molecule has 5 nitrogen and oxygen atoms in total. The molecule has 2 aliphatic carbocycles. The summed E-state index contributed by atoms with van der Waals surface area (Å²) in [5.74, 6) is -0.719. The molecule has 1 amide bonds. The van der Waals surface area contributed by atoms with Crippen LogP contribution in [-0.4, -0.2) is 30.3 Å². The van der Waals surface area contributed by atoms with Crippen LogP contribution in [0.4, 0.5) is 4.79 Å². The molecule has 0 spiro atoms.